The van der Waals surface area contributed by atoms with Gasteiger partial charge in [-0.25, -0.2) is 4.39 Å². The van der Waals surface area contributed by atoms with E-state index in [-0.39, 0.29) is 30.2 Å². The van der Waals surface area contributed by atoms with Gasteiger partial charge >= 0.3 is 0 Å². The Kier molecular flexibility index (Phi) is 7.79. The molecule has 1 saturated heterocycles. The van der Waals surface area contributed by atoms with Crippen molar-refractivity contribution in [2.45, 2.75) is 19.4 Å². The van der Waals surface area contributed by atoms with Gasteiger partial charge in [-0.1, -0.05) is 12.1 Å². The molecule has 2 N–H and O–H groups in total. The van der Waals surface area contributed by atoms with Crippen molar-refractivity contribution in [3.8, 4) is 0 Å². The number of hydrogen-bond donors (Lipinski definition) is 2. The summed E-state index contributed by atoms with van der Waals surface area (Å²) in [7, 11) is 1.96. The molecule has 1 aliphatic rings. The van der Waals surface area contributed by atoms with Gasteiger partial charge < -0.3 is 10.6 Å². The van der Waals surface area contributed by atoms with E-state index in [1.807, 2.05) is 14.0 Å². The lowest BCUT2D eigenvalue weighted by molar-refractivity contribution is -0.122. The Hall–Kier alpha value is -1.17. The van der Waals surface area contributed by atoms with Gasteiger partial charge in [-0.2, -0.15) is 0 Å². The summed E-state index contributed by atoms with van der Waals surface area (Å²) >= 11 is 0. The fraction of sp³-hybridized carbons (Fsp3) is 0.562. The lowest BCUT2D eigenvalue weighted by Gasteiger charge is -2.19. The quantitative estimate of drug-likeness (QED) is 0.838. The lowest BCUT2D eigenvalue weighted by atomic mass is 10.1. The Balaban J connectivity index is 0.00000242. The largest absolute Gasteiger partial charge is 0.348 e. The summed E-state index contributed by atoms with van der Waals surface area (Å²) in [6.07, 6.45) is 1.14. The summed E-state index contributed by atoms with van der Waals surface area (Å²) in [6.45, 7) is 5.30. The molecular formula is C16H25ClFN3O. The number of benzene rings is 1. The Morgan fingerprint density at radius 3 is 2.73 bits per heavy atom. The lowest BCUT2D eigenvalue weighted by Crippen LogP contribution is -2.37. The Morgan fingerprint density at radius 2 is 2.09 bits per heavy atom. The van der Waals surface area contributed by atoms with Gasteiger partial charge in [0, 0.05) is 6.54 Å². The number of carbonyl (C=O) groups excluding carboxylic acids is 1. The van der Waals surface area contributed by atoms with Gasteiger partial charge in [0.05, 0.1) is 12.6 Å². The topological polar surface area (TPSA) is 44.4 Å². The number of halogens is 2. The molecule has 0 bridgehead atoms. The molecule has 1 heterocycles. The van der Waals surface area contributed by atoms with Crippen LogP contribution in [-0.2, 0) is 4.79 Å². The minimum atomic E-state index is -0.259. The second-order valence-corrected chi connectivity index (χ2v) is 5.79. The van der Waals surface area contributed by atoms with E-state index in [9.17, 15) is 9.18 Å². The van der Waals surface area contributed by atoms with E-state index >= 15 is 0 Å². The van der Waals surface area contributed by atoms with Crippen LogP contribution in [0.3, 0.4) is 0 Å². The molecule has 2 rings (SSSR count). The first-order valence-electron chi connectivity index (χ1n) is 7.50. The van der Waals surface area contributed by atoms with E-state index in [1.165, 1.54) is 12.1 Å². The summed E-state index contributed by atoms with van der Waals surface area (Å²) in [6, 6.07) is 6.15. The first kappa shape index (κ1) is 18.9. The van der Waals surface area contributed by atoms with Gasteiger partial charge in [-0.05, 0) is 57.1 Å². The van der Waals surface area contributed by atoms with Crippen LogP contribution in [0.4, 0.5) is 4.39 Å². The molecule has 6 heteroatoms. The number of nitrogens with zero attached hydrogens (tertiary/aromatic N) is 1. The highest BCUT2D eigenvalue weighted by Gasteiger charge is 2.23. The smallest absolute Gasteiger partial charge is 0.234 e. The third kappa shape index (κ3) is 5.55. The number of amides is 1. The minimum absolute atomic E-state index is 0. The van der Waals surface area contributed by atoms with Gasteiger partial charge in [0.25, 0.3) is 0 Å². The van der Waals surface area contributed by atoms with E-state index < -0.39 is 0 Å². The van der Waals surface area contributed by atoms with Crippen LogP contribution in [0, 0.1) is 11.7 Å². The van der Waals surface area contributed by atoms with E-state index in [1.54, 1.807) is 12.1 Å². The summed E-state index contributed by atoms with van der Waals surface area (Å²) in [4.78, 5) is 14.3. The van der Waals surface area contributed by atoms with Crippen LogP contribution in [0.5, 0.6) is 0 Å². The maximum Gasteiger partial charge on any atom is 0.234 e. The molecule has 0 spiro atoms. The Morgan fingerprint density at radius 1 is 1.41 bits per heavy atom. The van der Waals surface area contributed by atoms with Crippen LogP contribution in [0.2, 0.25) is 0 Å². The molecule has 124 valence electrons. The van der Waals surface area contributed by atoms with Crippen molar-refractivity contribution in [1.29, 1.82) is 0 Å². The Labute approximate surface area is 137 Å². The first-order valence-corrected chi connectivity index (χ1v) is 7.50. The van der Waals surface area contributed by atoms with Gasteiger partial charge in [0.2, 0.25) is 5.91 Å². The van der Waals surface area contributed by atoms with Crippen molar-refractivity contribution in [3.05, 3.63) is 35.6 Å². The molecule has 0 saturated carbocycles. The maximum atomic E-state index is 12.9. The molecule has 1 fully saturated rings. The molecule has 4 nitrogen and oxygen atoms in total. The summed E-state index contributed by atoms with van der Waals surface area (Å²) in [5, 5.41) is 6.15. The van der Waals surface area contributed by atoms with Crippen LogP contribution in [0.25, 0.3) is 0 Å². The normalized spacial score (nSPS) is 19.5. The number of likely N-dealkylation sites (tertiary alicyclic amines) is 1. The number of hydrogen-bond acceptors (Lipinski definition) is 3. The number of rotatable bonds is 6. The average Bonchev–Trinajstić information content (AvgIpc) is 2.87. The zero-order valence-electron chi connectivity index (χ0n) is 13.1. The van der Waals surface area contributed by atoms with E-state index in [2.05, 4.69) is 15.5 Å². The molecule has 0 aromatic heterocycles. The molecule has 0 aliphatic carbocycles. The fourth-order valence-electron chi connectivity index (χ4n) is 2.84. The van der Waals surface area contributed by atoms with Gasteiger partial charge in [0.1, 0.15) is 5.82 Å². The molecule has 2 unspecified atom stereocenters. The second-order valence-electron chi connectivity index (χ2n) is 5.79. The third-order valence-corrected chi connectivity index (χ3v) is 3.98. The highest BCUT2D eigenvalue weighted by molar-refractivity contribution is 5.85. The molecule has 1 aliphatic heterocycles. The molecule has 0 radical (unpaired) electrons. The van der Waals surface area contributed by atoms with Crippen LogP contribution < -0.4 is 10.6 Å². The third-order valence-electron chi connectivity index (χ3n) is 3.98. The van der Waals surface area contributed by atoms with Crippen molar-refractivity contribution in [2.75, 3.05) is 33.2 Å². The van der Waals surface area contributed by atoms with Crippen molar-refractivity contribution >= 4 is 18.3 Å². The van der Waals surface area contributed by atoms with Crippen LogP contribution in [-0.4, -0.2) is 44.0 Å². The average molecular weight is 330 g/mol. The SMILES string of the molecule is CNCC1CCN(CC(=O)NC(C)c2ccc(F)cc2)C1.Cl. The monoisotopic (exact) mass is 329 g/mol. The van der Waals surface area contributed by atoms with Gasteiger partial charge in [0.15, 0.2) is 0 Å². The zero-order valence-corrected chi connectivity index (χ0v) is 14.0. The summed E-state index contributed by atoms with van der Waals surface area (Å²) in [5.74, 6) is 0.402. The molecule has 22 heavy (non-hydrogen) atoms. The molecular weight excluding hydrogens is 305 g/mol. The van der Waals surface area contributed by atoms with Crippen molar-refractivity contribution in [2.24, 2.45) is 5.92 Å². The van der Waals surface area contributed by atoms with Crippen LogP contribution >= 0.6 is 12.4 Å². The van der Waals surface area contributed by atoms with Crippen molar-refractivity contribution < 1.29 is 9.18 Å². The number of nitrogens with one attached hydrogen (secondary N) is 2. The van der Waals surface area contributed by atoms with Crippen molar-refractivity contribution in [3.63, 3.8) is 0 Å². The highest BCUT2D eigenvalue weighted by Crippen LogP contribution is 2.16. The van der Waals surface area contributed by atoms with Crippen LogP contribution in [0.15, 0.2) is 24.3 Å². The summed E-state index contributed by atoms with van der Waals surface area (Å²) < 4.78 is 12.9. The van der Waals surface area contributed by atoms with E-state index in [0.717, 1.165) is 31.6 Å². The predicted octanol–water partition coefficient (Wildman–Crippen LogP) is 1.97. The van der Waals surface area contributed by atoms with E-state index in [0.29, 0.717) is 12.5 Å². The standard InChI is InChI=1S/C16H24FN3O.ClH/c1-12(14-3-5-15(17)6-4-14)19-16(21)11-20-8-7-13(10-20)9-18-2;/h3-6,12-13,18H,7-11H2,1-2H3,(H,19,21);1H. The van der Waals surface area contributed by atoms with E-state index in [4.69, 9.17) is 0 Å². The highest BCUT2D eigenvalue weighted by atomic mass is 35.5. The minimum Gasteiger partial charge on any atom is -0.348 e. The van der Waals surface area contributed by atoms with Gasteiger partial charge in [-0.3, -0.25) is 9.69 Å². The summed E-state index contributed by atoms with van der Waals surface area (Å²) in [5.41, 5.74) is 0.916. The fourth-order valence-corrected chi connectivity index (χ4v) is 2.84. The molecule has 1 aromatic rings. The predicted molar refractivity (Wildman–Crippen MR) is 88.7 cm³/mol. The number of carbonyl (C=O) groups is 1. The second kappa shape index (κ2) is 9.08. The zero-order chi connectivity index (χ0) is 15.2. The molecule has 1 amide bonds. The van der Waals surface area contributed by atoms with Gasteiger partial charge in [-0.15, -0.1) is 12.4 Å². The maximum absolute atomic E-state index is 12.9. The van der Waals surface area contributed by atoms with Crippen LogP contribution in [0.1, 0.15) is 24.9 Å². The Bertz CT molecular complexity index is 469. The van der Waals surface area contributed by atoms with Crippen molar-refractivity contribution in [1.82, 2.24) is 15.5 Å². The molecule has 2 atom stereocenters. The first-order chi connectivity index (χ1) is 10.1. The molecule has 1 aromatic carbocycles.